The molecule has 106 valence electrons. The van der Waals surface area contributed by atoms with Gasteiger partial charge in [0.2, 0.25) is 0 Å². The summed E-state index contributed by atoms with van der Waals surface area (Å²) in [5.74, 6) is -2.24. The molecule has 0 unspecified atom stereocenters. The molecule has 0 aliphatic carbocycles. The molecule has 3 rings (SSSR count). The van der Waals surface area contributed by atoms with Crippen LogP contribution in [-0.2, 0) is 10.9 Å². The molecule has 0 fully saturated rings. The fraction of sp³-hybridized carbons (Fsp3) is 0. The average molecular weight is 396 g/mol. The standard InChI is InChI=1S/C15H9IO5/c17-13(10-6-2-1-3-7-10)15(19)21-16-12-9-5-4-8-11(12)14(18)20-16/h1-9H. The van der Waals surface area contributed by atoms with E-state index in [1.54, 1.807) is 42.5 Å². The first-order valence-electron chi connectivity index (χ1n) is 6.01. The second kappa shape index (κ2) is 5.65. The second-order valence-electron chi connectivity index (χ2n) is 4.12. The van der Waals surface area contributed by atoms with Crippen molar-refractivity contribution in [2.24, 2.45) is 0 Å². The third-order valence-electron chi connectivity index (χ3n) is 2.76. The van der Waals surface area contributed by atoms with Gasteiger partial charge in [-0.2, -0.15) is 0 Å². The summed E-state index contributed by atoms with van der Waals surface area (Å²) in [6.45, 7) is 0. The Kier molecular flexibility index (Phi) is 3.70. The van der Waals surface area contributed by atoms with E-state index in [-0.39, 0.29) is 5.56 Å². The number of carbonyl (C=O) groups is 3. The summed E-state index contributed by atoms with van der Waals surface area (Å²) in [5.41, 5.74) is 0.653. The van der Waals surface area contributed by atoms with Gasteiger partial charge in [0, 0.05) is 0 Å². The summed E-state index contributed by atoms with van der Waals surface area (Å²) in [4.78, 5) is 35.5. The van der Waals surface area contributed by atoms with Crippen molar-refractivity contribution < 1.29 is 20.5 Å². The van der Waals surface area contributed by atoms with Crippen LogP contribution in [0, 0.1) is 3.57 Å². The number of benzene rings is 2. The molecule has 6 heteroatoms. The van der Waals surface area contributed by atoms with E-state index in [0.717, 1.165) is 0 Å². The van der Waals surface area contributed by atoms with Crippen molar-refractivity contribution in [3.05, 3.63) is 69.3 Å². The molecule has 5 nitrogen and oxygen atoms in total. The van der Waals surface area contributed by atoms with Gasteiger partial charge in [0.1, 0.15) is 0 Å². The number of Topliss-reactive ketones (excluding diaryl/α,β-unsaturated/α-hetero) is 1. The van der Waals surface area contributed by atoms with Crippen molar-refractivity contribution in [3.63, 3.8) is 0 Å². The fourth-order valence-electron chi connectivity index (χ4n) is 1.77. The predicted octanol–water partition coefficient (Wildman–Crippen LogP) is 2.79. The van der Waals surface area contributed by atoms with Crippen LogP contribution in [0.15, 0.2) is 54.6 Å². The van der Waals surface area contributed by atoms with Crippen molar-refractivity contribution in [1.82, 2.24) is 0 Å². The normalized spacial score (nSPS) is 14.3. The minimum atomic E-state index is -2.89. The fourth-order valence-corrected chi connectivity index (χ4v) is 4.88. The maximum absolute atomic E-state index is 11.9. The molecule has 1 heterocycles. The van der Waals surface area contributed by atoms with E-state index in [4.69, 9.17) is 6.13 Å². The Morgan fingerprint density at radius 3 is 2.38 bits per heavy atom. The van der Waals surface area contributed by atoms with Crippen LogP contribution >= 0.6 is 20.6 Å². The van der Waals surface area contributed by atoms with Crippen molar-refractivity contribution in [2.75, 3.05) is 0 Å². The van der Waals surface area contributed by atoms with Gasteiger partial charge < -0.3 is 0 Å². The van der Waals surface area contributed by atoms with Gasteiger partial charge in [-0.1, -0.05) is 0 Å². The van der Waals surface area contributed by atoms with E-state index in [9.17, 15) is 14.4 Å². The molecule has 21 heavy (non-hydrogen) atoms. The molecule has 0 bridgehead atoms. The van der Waals surface area contributed by atoms with Crippen molar-refractivity contribution >= 4 is 38.4 Å². The zero-order valence-electron chi connectivity index (χ0n) is 10.6. The van der Waals surface area contributed by atoms with Gasteiger partial charge in [-0.15, -0.1) is 0 Å². The van der Waals surface area contributed by atoms with Crippen molar-refractivity contribution in [3.8, 4) is 0 Å². The van der Waals surface area contributed by atoms with Crippen molar-refractivity contribution in [1.29, 1.82) is 0 Å². The Morgan fingerprint density at radius 1 is 0.952 bits per heavy atom. The van der Waals surface area contributed by atoms with Crippen LogP contribution in [0.5, 0.6) is 0 Å². The van der Waals surface area contributed by atoms with Gasteiger partial charge in [0.05, 0.1) is 0 Å². The van der Waals surface area contributed by atoms with Gasteiger partial charge in [0.25, 0.3) is 0 Å². The number of rotatable bonds is 3. The molecule has 2 aromatic carbocycles. The predicted molar refractivity (Wildman–Crippen MR) is 81.4 cm³/mol. The Balaban J connectivity index is 1.78. The molecular weight excluding hydrogens is 387 g/mol. The summed E-state index contributed by atoms with van der Waals surface area (Å²) in [6.07, 6.45) is 0. The van der Waals surface area contributed by atoms with Crippen LogP contribution in [0.25, 0.3) is 0 Å². The topological polar surface area (TPSA) is 69.7 Å². The number of fused-ring (bicyclic) bond motifs is 1. The van der Waals surface area contributed by atoms with E-state index in [2.05, 4.69) is 0 Å². The third kappa shape index (κ3) is 2.66. The quantitative estimate of drug-likeness (QED) is 0.454. The van der Waals surface area contributed by atoms with Gasteiger partial charge in [-0.05, 0) is 0 Å². The zero-order chi connectivity index (χ0) is 14.8. The summed E-state index contributed by atoms with van der Waals surface area (Å²) < 4.78 is 10.9. The van der Waals surface area contributed by atoms with Crippen LogP contribution in [0.2, 0.25) is 0 Å². The average Bonchev–Trinajstić information content (AvgIpc) is 2.84. The monoisotopic (exact) mass is 396 g/mol. The summed E-state index contributed by atoms with van der Waals surface area (Å²) >= 11 is -2.89. The summed E-state index contributed by atoms with van der Waals surface area (Å²) in [5, 5.41) is 0. The summed E-state index contributed by atoms with van der Waals surface area (Å²) in [7, 11) is 0. The Bertz CT molecular complexity index is 726. The molecule has 1 aliphatic rings. The molecule has 0 N–H and O–H groups in total. The van der Waals surface area contributed by atoms with E-state index in [0.29, 0.717) is 9.13 Å². The molecular formula is C15H9IO5. The van der Waals surface area contributed by atoms with Gasteiger partial charge in [-0.3, -0.25) is 0 Å². The number of carbonyl (C=O) groups excluding carboxylic acids is 3. The Morgan fingerprint density at radius 2 is 1.62 bits per heavy atom. The number of hydrogen-bond acceptors (Lipinski definition) is 5. The first-order chi connectivity index (χ1) is 10.2. The second-order valence-corrected chi connectivity index (χ2v) is 7.40. The molecule has 0 saturated heterocycles. The Hall–Kier alpha value is -2.22. The first kappa shape index (κ1) is 13.7. The van der Waals surface area contributed by atoms with Gasteiger partial charge in [0.15, 0.2) is 0 Å². The van der Waals surface area contributed by atoms with Gasteiger partial charge in [-0.25, -0.2) is 0 Å². The molecule has 0 spiro atoms. The van der Waals surface area contributed by atoms with Crippen LogP contribution in [-0.4, -0.2) is 17.7 Å². The molecule has 1 aliphatic heterocycles. The maximum atomic E-state index is 11.9. The minimum absolute atomic E-state index is 0.247. The van der Waals surface area contributed by atoms with Crippen LogP contribution in [0.1, 0.15) is 20.7 Å². The third-order valence-corrected chi connectivity index (χ3v) is 6.25. The van der Waals surface area contributed by atoms with E-state index in [1.807, 2.05) is 0 Å². The molecule has 0 radical (unpaired) electrons. The number of hydrogen-bond donors (Lipinski definition) is 0. The number of ketones is 1. The first-order valence-corrected chi connectivity index (χ1v) is 8.85. The van der Waals surface area contributed by atoms with E-state index >= 15 is 0 Å². The number of halogens is 1. The van der Waals surface area contributed by atoms with Crippen LogP contribution in [0.3, 0.4) is 0 Å². The Labute approximate surface area is 128 Å². The van der Waals surface area contributed by atoms with Crippen molar-refractivity contribution in [2.45, 2.75) is 0 Å². The zero-order valence-corrected chi connectivity index (χ0v) is 12.8. The molecule has 2 aromatic rings. The summed E-state index contributed by atoms with van der Waals surface area (Å²) in [6, 6.07) is 14.9. The van der Waals surface area contributed by atoms with Crippen LogP contribution in [0.4, 0.5) is 0 Å². The van der Waals surface area contributed by atoms with Gasteiger partial charge >= 0.3 is 128 Å². The molecule has 0 amide bonds. The molecule has 0 aromatic heterocycles. The van der Waals surface area contributed by atoms with E-state index in [1.165, 1.54) is 12.1 Å². The van der Waals surface area contributed by atoms with Crippen LogP contribution < -0.4 is 0 Å². The molecule has 0 saturated carbocycles. The SMILES string of the molecule is O=C(OI1OC(=O)c2ccccc21)C(=O)c1ccccc1. The van der Waals surface area contributed by atoms with E-state index < -0.39 is 38.4 Å². The molecule has 0 atom stereocenters.